The first kappa shape index (κ1) is 22.5. The molecule has 1 saturated heterocycles. The van der Waals surface area contributed by atoms with Crippen molar-refractivity contribution in [3.8, 4) is 0 Å². The van der Waals surface area contributed by atoms with E-state index in [1.165, 1.54) is 0 Å². The second-order valence-electron chi connectivity index (χ2n) is 6.87. The van der Waals surface area contributed by atoms with Crippen LogP contribution in [0.3, 0.4) is 0 Å². The number of rotatable bonds is 10. The highest BCUT2D eigenvalue weighted by molar-refractivity contribution is 5.95. The van der Waals surface area contributed by atoms with Gasteiger partial charge in [-0.25, -0.2) is 4.79 Å². The highest BCUT2D eigenvalue weighted by Gasteiger charge is 2.18. The Hall–Kier alpha value is -2.81. The molecule has 0 saturated carbocycles. The van der Waals surface area contributed by atoms with E-state index in [2.05, 4.69) is 15.5 Å². The van der Waals surface area contributed by atoms with Crippen LogP contribution in [0.15, 0.2) is 24.3 Å². The minimum atomic E-state index is -0.877. The third kappa shape index (κ3) is 8.39. The van der Waals surface area contributed by atoms with Gasteiger partial charge in [-0.3, -0.25) is 9.59 Å². The Morgan fingerprint density at radius 2 is 1.83 bits per heavy atom. The minimum Gasteiger partial charge on any atom is -0.453 e. The molecule has 0 radical (unpaired) electrons. The van der Waals surface area contributed by atoms with E-state index < -0.39 is 18.1 Å². The molecule has 3 amide bonds. The van der Waals surface area contributed by atoms with Crippen LogP contribution >= 0.6 is 0 Å². The first-order valence-electron chi connectivity index (χ1n) is 9.92. The molecule has 0 aliphatic carbocycles. The topological polar surface area (TPSA) is 123 Å². The molecule has 29 heavy (non-hydrogen) atoms. The number of carbonyl (C=O) groups excluding carboxylic acids is 3. The lowest BCUT2D eigenvalue weighted by molar-refractivity contribution is -0.153. The number of nitrogens with zero attached hydrogens (tertiary/aromatic N) is 1. The van der Waals surface area contributed by atoms with Crippen LogP contribution in [0.4, 0.5) is 16.2 Å². The lowest BCUT2D eigenvalue weighted by Gasteiger charge is -2.28. The molecule has 4 N–H and O–H groups in total. The van der Waals surface area contributed by atoms with Crippen LogP contribution in [0.5, 0.6) is 0 Å². The molecule has 1 aromatic rings. The van der Waals surface area contributed by atoms with E-state index in [9.17, 15) is 14.4 Å². The summed E-state index contributed by atoms with van der Waals surface area (Å²) in [5, 5.41) is 5.25. The summed E-state index contributed by atoms with van der Waals surface area (Å²) in [6.07, 6.45) is 1.45. The van der Waals surface area contributed by atoms with Crippen LogP contribution in [-0.2, 0) is 19.1 Å². The summed E-state index contributed by atoms with van der Waals surface area (Å²) in [5.74, 6) is -0.790. The fourth-order valence-electron chi connectivity index (χ4n) is 2.91. The Morgan fingerprint density at radius 1 is 1.14 bits per heavy atom. The van der Waals surface area contributed by atoms with Crippen molar-refractivity contribution in [3.05, 3.63) is 24.3 Å². The smallest absolute Gasteiger partial charge is 0.312 e. The number of primary amides is 1. The summed E-state index contributed by atoms with van der Waals surface area (Å²) in [4.78, 5) is 36.9. The van der Waals surface area contributed by atoms with Gasteiger partial charge in [-0.2, -0.15) is 0 Å². The van der Waals surface area contributed by atoms with E-state index in [0.29, 0.717) is 31.9 Å². The molecule has 1 aromatic carbocycles. The van der Waals surface area contributed by atoms with Crippen molar-refractivity contribution in [1.82, 2.24) is 5.32 Å². The number of morpholine rings is 1. The molecule has 9 nitrogen and oxygen atoms in total. The number of hydrogen-bond acceptors (Lipinski definition) is 6. The van der Waals surface area contributed by atoms with E-state index in [4.69, 9.17) is 15.2 Å². The molecule has 2 rings (SSSR count). The maximum Gasteiger partial charge on any atom is 0.312 e. The lowest BCUT2D eigenvalue weighted by Crippen LogP contribution is -2.36. The van der Waals surface area contributed by atoms with Crippen molar-refractivity contribution in [1.29, 1.82) is 0 Å². The molecule has 0 spiro atoms. The predicted octanol–water partition coefficient (Wildman–Crippen LogP) is 1.62. The number of urea groups is 1. The molecule has 0 aromatic heterocycles. The average molecular weight is 406 g/mol. The summed E-state index contributed by atoms with van der Waals surface area (Å²) in [5.41, 5.74) is 6.70. The molecule has 0 bridgehead atoms. The number of carbonyl (C=O) groups is 3. The quantitative estimate of drug-likeness (QED) is 0.401. The molecule has 1 atom stereocenters. The first-order valence-corrected chi connectivity index (χ1v) is 9.92. The fourth-order valence-corrected chi connectivity index (χ4v) is 2.91. The van der Waals surface area contributed by atoms with Gasteiger partial charge in [0.25, 0.3) is 5.91 Å². The van der Waals surface area contributed by atoms with Crippen molar-refractivity contribution < 1.29 is 23.9 Å². The second-order valence-corrected chi connectivity index (χ2v) is 6.87. The number of anilines is 2. The van der Waals surface area contributed by atoms with E-state index in [-0.39, 0.29) is 12.3 Å². The van der Waals surface area contributed by atoms with Crippen molar-refractivity contribution >= 4 is 29.3 Å². The Morgan fingerprint density at radius 3 is 2.48 bits per heavy atom. The third-order valence-electron chi connectivity index (χ3n) is 4.55. The van der Waals surface area contributed by atoms with Gasteiger partial charge in [0.15, 0.2) is 6.10 Å². The Kier molecular flexibility index (Phi) is 9.23. The number of nitrogens with two attached hydrogens (primary N) is 1. The van der Waals surface area contributed by atoms with E-state index in [1.807, 2.05) is 24.3 Å². The van der Waals surface area contributed by atoms with Crippen LogP contribution in [0.2, 0.25) is 0 Å². The molecule has 0 unspecified atom stereocenters. The maximum absolute atomic E-state index is 12.2. The van der Waals surface area contributed by atoms with Gasteiger partial charge in [0.05, 0.1) is 13.2 Å². The SMILES string of the molecule is C[C@@H](OC(=O)CCCCCNC(N)=O)C(=O)Nc1ccc(N2CCOCC2)cc1. The third-order valence-corrected chi connectivity index (χ3v) is 4.55. The fraction of sp³-hybridized carbons (Fsp3) is 0.550. The van der Waals surface area contributed by atoms with Crippen LogP contribution in [0, 0.1) is 0 Å². The summed E-state index contributed by atoms with van der Waals surface area (Å²) in [7, 11) is 0. The van der Waals surface area contributed by atoms with Gasteiger partial charge in [0.2, 0.25) is 0 Å². The number of esters is 1. The van der Waals surface area contributed by atoms with Crippen LogP contribution in [0.25, 0.3) is 0 Å². The summed E-state index contributed by atoms with van der Waals surface area (Å²) in [6, 6.07) is 7.00. The molecular formula is C20H30N4O5. The number of nitrogens with one attached hydrogen (secondary N) is 2. The Bertz CT molecular complexity index is 674. The Balaban J connectivity index is 1.67. The normalized spacial score (nSPS) is 14.7. The van der Waals surface area contributed by atoms with Crippen molar-refractivity contribution in [3.63, 3.8) is 0 Å². The molecule has 1 aliphatic rings. The van der Waals surface area contributed by atoms with Crippen molar-refractivity contribution in [2.75, 3.05) is 43.1 Å². The standard InChI is InChI=1S/C20H30N4O5/c1-15(29-18(25)5-3-2-4-10-22-20(21)27)19(26)23-16-6-8-17(9-7-16)24-11-13-28-14-12-24/h6-9,15H,2-5,10-14H2,1H3,(H,23,26)(H3,21,22,27)/t15-/m1/s1. The summed E-state index contributed by atoms with van der Waals surface area (Å²) < 4.78 is 10.5. The van der Waals surface area contributed by atoms with Gasteiger partial charge in [-0.15, -0.1) is 0 Å². The van der Waals surface area contributed by atoms with Crippen LogP contribution in [-0.4, -0.2) is 56.9 Å². The minimum absolute atomic E-state index is 0.225. The number of amides is 3. The highest BCUT2D eigenvalue weighted by atomic mass is 16.5. The predicted molar refractivity (Wildman–Crippen MR) is 110 cm³/mol. The summed E-state index contributed by atoms with van der Waals surface area (Å²) >= 11 is 0. The largest absolute Gasteiger partial charge is 0.453 e. The van der Waals surface area contributed by atoms with E-state index in [0.717, 1.165) is 31.6 Å². The van der Waals surface area contributed by atoms with Gasteiger partial charge in [-0.1, -0.05) is 6.42 Å². The van der Waals surface area contributed by atoms with Crippen molar-refractivity contribution in [2.45, 2.75) is 38.7 Å². The molecular weight excluding hydrogens is 376 g/mol. The number of benzene rings is 1. The van der Waals surface area contributed by atoms with Crippen LogP contribution < -0.4 is 21.3 Å². The van der Waals surface area contributed by atoms with Gasteiger partial charge < -0.3 is 30.7 Å². The van der Waals surface area contributed by atoms with Gasteiger partial charge in [0, 0.05) is 37.4 Å². The summed E-state index contributed by atoms with van der Waals surface area (Å²) in [6.45, 7) is 5.15. The van der Waals surface area contributed by atoms with Crippen molar-refractivity contribution in [2.24, 2.45) is 5.73 Å². The molecule has 1 heterocycles. The average Bonchev–Trinajstić information content (AvgIpc) is 2.71. The second kappa shape index (κ2) is 11.9. The monoisotopic (exact) mass is 406 g/mol. The number of unbranched alkanes of at least 4 members (excludes halogenated alkanes) is 2. The maximum atomic E-state index is 12.2. The first-order chi connectivity index (χ1) is 14.0. The molecule has 1 aliphatic heterocycles. The molecule has 160 valence electrons. The van der Waals surface area contributed by atoms with Crippen LogP contribution in [0.1, 0.15) is 32.6 Å². The number of ether oxygens (including phenoxy) is 2. The van der Waals surface area contributed by atoms with Gasteiger partial charge in [0.1, 0.15) is 0 Å². The molecule has 9 heteroatoms. The molecule has 1 fully saturated rings. The zero-order valence-corrected chi connectivity index (χ0v) is 16.8. The Labute approximate surface area is 170 Å². The van der Waals surface area contributed by atoms with Gasteiger partial charge in [-0.05, 0) is 44.0 Å². The van der Waals surface area contributed by atoms with E-state index in [1.54, 1.807) is 6.92 Å². The van der Waals surface area contributed by atoms with Gasteiger partial charge >= 0.3 is 12.0 Å². The zero-order valence-electron chi connectivity index (χ0n) is 16.8. The zero-order chi connectivity index (χ0) is 21.1. The lowest BCUT2D eigenvalue weighted by atomic mass is 10.2. The number of hydrogen-bond donors (Lipinski definition) is 3. The highest BCUT2D eigenvalue weighted by Crippen LogP contribution is 2.19. The van der Waals surface area contributed by atoms with E-state index >= 15 is 0 Å².